The van der Waals surface area contributed by atoms with Crippen LogP contribution < -0.4 is 11.1 Å². The molecule has 0 saturated heterocycles. The first-order valence-electron chi connectivity index (χ1n) is 6.33. The molecule has 0 aliphatic heterocycles. The van der Waals surface area contributed by atoms with Gasteiger partial charge in [-0.2, -0.15) is 0 Å². The van der Waals surface area contributed by atoms with E-state index in [0.29, 0.717) is 11.3 Å². The topological polar surface area (TPSA) is 55.1 Å². The molecule has 0 radical (unpaired) electrons. The number of carbonyl (C=O) groups excluding carboxylic acids is 1. The van der Waals surface area contributed by atoms with Crippen molar-refractivity contribution in [2.75, 3.05) is 5.32 Å². The second-order valence-electron chi connectivity index (χ2n) is 5.28. The Kier molecular flexibility index (Phi) is 3.85. The fraction of sp³-hybridized carbons (Fsp3) is 0.429. The van der Waals surface area contributed by atoms with Crippen molar-refractivity contribution in [1.82, 2.24) is 0 Å². The number of thiocarbonyl (C=S) groups is 1. The van der Waals surface area contributed by atoms with E-state index in [9.17, 15) is 9.18 Å². The molecule has 1 fully saturated rings. The maximum atomic E-state index is 13.2. The lowest BCUT2D eigenvalue weighted by atomic mass is 9.87. The number of rotatable bonds is 3. The van der Waals surface area contributed by atoms with Crippen LogP contribution in [0.5, 0.6) is 0 Å². The van der Waals surface area contributed by atoms with Crippen molar-refractivity contribution in [1.29, 1.82) is 0 Å². The Morgan fingerprint density at radius 1 is 1.42 bits per heavy atom. The van der Waals surface area contributed by atoms with Crippen molar-refractivity contribution in [2.24, 2.45) is 11.1 Å². The third-order valence-electron chi connectivity index (χ3n) is 3.75. The molecule has 1 aromatic rings. The number of nitrogens with one attached hydrogen (secondary N) is 1. The van der Waals surface area contributed by atoms with Crippen LogP contribution in [0.25, 0.3) is 0 Å². The molecule has 0 bridgehead atoms. The number of nitrogens with two attached hydrogens (primary N) is 1. The van der Waals surface area contributed by atoms with Gasteiger partial charge in [0.05, 0.1) is 5.69 Å². The number of benzene rings is 1. The molecule has 1 aliphatic carbocycles. The minimum atomic E-state index is -0.423. The van der Waals surface area contributed by atoms with Gasteiger partial charge in [0, 0.05) is 11.0 Å². The largest absolute Gasteiger partial charge is 0.389 e. The number of hydrogen-bond acceptors (Lipinski definition) is 2. The highest BCUT2D eigenvalue weighted by Crippen LogP contribution is 2.38. The van der Waals surface area contributed by atoms with Gasteiger partial charge in [-0.15, -0.1) is 0 Å². The molecule has 1 amide bonds. The quantitative estimate of drug-likeness (QED) is 0.837. The first kappa shape index (κ1) is 13.9. The number of amides is 1. The average Bonchev–Trinajstić information content (AvgIpc) is 2.79. The summed E-state index contributed by atoms with van der Waals surface area (Å²) < 4.78 is 13.2. The zero-order valence-corrected chi connectivity index (χ0v) is 11.6. The molecule has 19 heavy (non-hydrogen) atoms. The lowest BCUT2D eigenvalue weighted by molar-refractivity contribution is -0.124. The van der Waals surface area contributed by atoms with Crippen LogP contribution in [0.2, 0.25) is 0 Å². The number of anilines is 1. The molecule has 102 valence electrons. The van der Waals surface area contributed by atoms with Crippen molar-refractivity contribution >= 4 is 28.8 Å². The number of halogens is 1. The molecule has 3 N–H and O–H groups in total. The van der Waals surface area contributed by atoms with Gasteiger partial charge in [-0.25, -0.2) is 4.39 Å². The Morgan fingerprint density at radius 3 is 2.63 bits per heavy atom. The predicted molar refractivity (Wildman–Crippen MR) is 77.5 cm³/mol. The second-order valence-corrected chi connectivity index (χ2v) is 5.72. The van der Waals surface area contributed by atoms with Crippen molar-refractivity contribution in [2.45, 2.75) is 32.6 Å². The summed E-state index contributed by atoms with van der Waals surface area (Å²) in [4.78, 5) is 12.4. The van der Waals surface area contributed by atoms with Crippen LogP contribution in [0.3, 0.4) is 0 Å². The van der Waals surface area contributed by atoms with E-state index in [4.69, 9.17) is 18.0 Å². The van der Waals surface area contributed by atoms with Gasteiger partial charge in [0.1, 0.15) is 10.8 Å². The van der Waals surface area contributed by atoms with Gasteiger partial charge in [-0.1, -0.05) is 32.0 Å². The molecule has 0 spiro atoms. The van der Waals surface area contributed by atoms with E-state index in [1.54, 1.807) is 0 Å². The molecule has 1 aromatic carbocycles. The smallest absolute Gasteiger partial charge is 0.230 e. The standard InChI is InChI=1S/C14H17FN2OS/c1-14(6-2-3-7-14)13(18)17-11-5-4-9(15)8-10(11)12(16)19/h4-5,8H,2-3,6-7H2,1H3,(H2,16,19)(H,17,18). The summed E-state index contributed by atoms with van der Waals surface area (Å²) in [5.41, 5.74) is 6.06. The van der Waals surface area contributed by atoms with Gasteiger partial charge in [-0.3, -0.25) is 4.79 Å². The first-order chi connectivity index (χ1) is 8.92. The summed E-state index contributed by atoms with van der Waals surface area (Å²) >= 11 is 4.88. The summed E-state index contributed by atoms with van der Waals surface area (Å²) in [7, 11) is 0. The van der Waals surface area contributed by atoms with E-state index < -0.39 is 5.82 Å². The molecule has 2 rings (SSSR count). The molecular weight excluding hydrogens is 263 g/mol. The summed E-state index contributed by atoms with van der Waals surface area (Å²) in [6.07, 6.45) is 3.88. The minimum Gasteiger partial charge on any atom is -0.389 e. The molecule has 1 saturated carbocycles. The Balaban J connectivity index is 2.23. The van der Waals surface area contributed by atoms with Crippen molar-refractivity contribution in [3.8, 4) is 0 Å². The lowest BCUT2D eigenvalue weighted by Crippen LogP contribution is -2.31. The van der Waals surface area contributed by atoms with E-state index in [0.717, 1.165) is 25.7 Å². The zero-order chi connectivity index (χ0) is 14.0. The predicted octanol–water partition coefficient (Wildman–Crippen LogP) is 2.98. The van der Waals surface area contributed by atoms with Crippen LogP contribution in [0.15, 0.2) is 18.2 Å². The summed E-state index contributed by atoms with van der Waals surface area (Å²) in [6.45, 7) is 1.96. The highest BCUT2D eigenvalue weighted by atomic mass is 32.1. The molecule has 3 nitrogen and oxygen atoms in total. The van der Waals surface area contributed by atoms with Crippen molar-refractivity contribution in [3.63, 3.8) is 0 Å². The van der Waals surface area contributed by atoms with Gasteiger partial charge in [0.15, 0.2) is 0 Å². The van der Waals surface area contributed by atoms with Gasteiger partial charge in [0.25, 0.3) is 0 Å². The van der Waals surface area contributed by atoms with Crippen LogP contribution in [0.4, 0.5) is 10.1 Å². The van der Waals surface area contributed by atoms with Crippen LogP contribution >= 0.6 is 12.2 Å². The Labute approximate surface area is 117 Å². The Hall–Kier alpha value is -1.49. The highest BCUT2D eigenvalue weighted by Gasteiger charge is 2.36. The normalized spacial score (nSPS) is 17.2. The van der Waals surface area contributed by atoms with Gasteiger partial charge in [0.2, 0.25) is 5.91 Å². The Morgan fingerprint density at radius 2 is 2.05 bits per heavy atom. The van der Waals surface area contributed by atoms with E-state index >= 15 is 0 Å². The molecule has 0 aromatic heterocycles. The maximum absolute atomic E-state index is 13.2. The van der Waals surface area contributed by atoms with Gasteiger partial charge >= 0.3 is 0 Å². The van der Waals surface area contributed by atoms with Crippen LogP contribution in [-0.2, 0) is 4.79 Å². The average molecular weight is 280 g/mol. The Bertz CT molecular complexity index is 524. The monoisotopic (exact) mass is 280 g/mol. The summed E-state index contributed by atoms with van der Waals surface area (Å²) in [5.74, 6) is -0.470. The highest BCUT2D eigenvalue weighted by molar-refractivity contribution is 7.80. The molecule has 0 atom stereocenters. The van der Waals surface area contributed by atoms with E-state index in [2.05, 4.69) is 5.32 Å². The third-order valence-corrected chi connectivity index (χ3v) is 3.97. The van der Waals surface area contributed by atoms with E-state index in [1.807, 2.05) is 6.92 Å². The molecule has 5 heteroatoms. The number of hydrogen-bond donors (Lipinski definition) is 2. The van der Waals surface area contributed by atoms with Crippen LogP contribution in [-0.4, -0.2) is 10.9 Å². The first-order valence-corrected chi connectivity index (χ1v) is 6.74. The molecule has 1 aliphatic rings. The fourth-order valence-electron chi connectivity index (χ4n) is 2.48. The van der Waals surface area contributed by atoms with Crippen molar-refractivity contribution in [3.05, 3.63) is 29.6 Å². The van der Waals surface area contributed by atoms with Gasteiger partial charge in [-0.05, 0) is 31.0 Å². The fourth-order valence-corrected chi connectivity index (χ4v) is 2.65. The molecule has 0 unspecified atom stereocenters. The summed E-state index contributed by atoms with van der Waals surface area (Å²) in [5, 5.41) is 2.83. The van der Waals surface area contributed by atoms with E-state index in [-0.39, 0.29) is 16.3 Å². The van der Waals surface area contributed by atoms with Crippen LogP contribution in [0, 0.1) is 11.2 Å². The van der Waals surface area contributed by atoms with Crippen molar-refractivity contribution < 1.29 is 9.18 Å². The van der Waals surface area contributed by atoms with Gasteiger partial charge < -0.3 is 11.1 Å². The minimum absolute atomic E-state index is 0.0471. The maximum Gasteiger partial charge on any atom is 0.230 e. The lowest BCUT2D eigenvalue weighted by Gasteiger charge is -2.23. The summed E-state index contributed by atoms with van der Waals surface area (Å²) in [6, 6.07) is 4.03. The van der Waals surface area contributed by atoms with Crippen LogP contribution in [0.1, 0.15) is 38.2 Å². The third kappa shape index (κ3) is 2.92. The molecule has 0 heterocycles. The second kappa shape index (κ2) is 5.25. The number of carbonyl (C=O) groups is 1. The SMILES string of the molecule is CC1(C(=O)Nc2ccc(F)cc2C(N)=S)CCCC1. The molecular formula is C14H17FN2OS. The van der Waals surface area contributed by atoms with E-state index in [1.165, 1.54) is 18.2 Å². The zero-order valence-electron chi connectivity index (χ0n) is 10.8.